The van der Waals surface area contributed by atoms with Crippen molar-refractivity contribution in [1.29, 1.82) is 0 Å². The zero-order chi connectivity index (χ0) is 24.4. The summed E-state index contributed by atoms with van der Waals surface area (Å²) in [4.78, 5) is 32.7. The van der Waals surface area contributed by atoms with Gasteiger partial charge in [-0.1, -0.05) is 0 Å². The standard InChI is InChI=1S/C25H26N7O3/c1-15(2)35-25-28-11-18(12-29-25)20-10-17-6-7-26-24(33)22(17)23(31-20)30-19-4-5-21(27-13-19)32-8-9-34-16(3)14-32/h4-7,10-13,15-16H,8-9,14H2,1-3H3,(H,30,31)/t16-/m1/s1. The largest absolute Gasteiger partial charge is 0.461 e. The summed E-state index contributed by atoms with van der Waals surface area (Å²) in [6.07, 6.45) is 8.46. The fraction of sp³-hybridized carbons (Fsp3) is 0.320. The van der Waals surface area contributed by atoms with E-state index in [1.165, 1.54) is 6.20 Å². The fourth-order valence-electron chi connectivity index (χ4n) is 3.94. The highest BCUT2D eigenvalue weighted by Gasteiger charge is 2.23. The number of aromatic nitrogens is 4. The van der Waals surface area contributed by atoms with Crippen molar-refractivity contribution < 1.29 is 14.3 Å². The normalized spacial score (nSPS) is 17.2. The molecule has 3 aromatic heterocycles. The maximum atomic E-state index is 12.6. The molecular formula is C25H26N7O3. The Morgan fingerprint density at radius 3 is 2.71 bits per heavy atom. The molecule has 1 amide bonds. The summed E-state index contributed by atoms with van der Waals surface area (Å²) in [7, 11) is 0. The van der Waals surface area contributed by atoms with E-state index in [-0.39, 0.29) is 18.1 Å². The third kappa shape index (κ3) is 5.07. The van der Waals surface area contributed by atoms with Crippen LogP contribution < -0.4 is 20.3 Å². The van der Waals surface area contributed by atoms with Crippen molar-refractivity contribution in [3.05, 3.63) is 54.1 Å². The number of fused-ring (bicyclic) bond motifs is 1. The highest BCUT2D eigenvalue weighted by atomic mass is 16.5. The van der Waals surface area contributed by atoms with Crippen LogP contribution in [0.4, 0.5) is 17.3 Å². The van der Waals surface area contributed by atoms with Crippen LogP contribution in [0.5, 0.6) is 6.01 Å². The number of nitrogens with one attached hydrogen (secondary N) is 1. The molecule has 1 radical (unpaired) electrons. The van der Waals surface area contributed by atoms with E-state index in [9.17, 15) is 4.79 Å². The molecule has 1 fully saturated rings. The number of ether oxygens (including phenoxy) is 2. The lowest BCUT2D eigenvalue weighted by Crippen LogP contribution is -2.41. The molecule has 179 valence electrons. The summed E-state index contributed by atoms with van der Waals surface area (Å²) >= 11 is 0. The van der Waals surface area contributed by atoms with E-state index in [0.29, 0.717) is 46.5 Å². The lowest BCUT2D eigenvalue weighted by molar-refractivity contribution is 0.0529. The van der Waals surface area contributed by atoms with Crippen molar-refractivity contribution in [2.24, 2.45) is 0 Å². The second-order valence-corrected chi connectivity index (χ2v) is 8.65. The van der Waals surface area contributed by atoms with Crippen LogP contribution in [0.25, 0.3) is 17.3 Å². The fourth-order valence-corrected chi connectivity index (χ4v) is 3.94. The molecule has 1 N–H and O–H groups in total. The van der Waals surface area contributed by atoms with Gasteiger partial charge in [-0.25, -0.2) is 25.3 Å². The minimum atomic E-state index is -0.354. The van der Waals surface area contributed by atoms with Crippen molar-refractivity contribution in [3.8, 4) is 17.3 Å². The van der Waals surface area contributed by atoms with Crippen LogP contribution in [0, 0.1) is 0 Å². The minimum Gasteiger partial charge on any atom is -0.461 e. The lowest BCUT2D eigenvalue weighted by Gasteiger charge is -2.32. The van der Waals surface area contributed by atoms with Crippen LogP contribution in [0.3, 0.4) is 0 Å². The van der Waals surface area contributed by atoms with Gasteiger partial charge in [0.15, 0.2) is 0 Å². The average molecular weight is 473 g/mol. The third-order valence-corrected chi connectivity index (χ3v) is 5.55. The summed E-state index contributed by atoms with van der Waals surface area (Å²) in [5.41, 5.74) is 3.15. The van der Waals surface area contributed by atoms with Gasteiger partial charge in [-0.15, -0.1) is 0 Å². The highest BCUT2D eigenvalue weighted by Crippen LogP contribution is 2.30. The quantitative estimate of drug-likeness (QED) is 0.576. The molecule has 1 atom stereocenters. The molecule has 0 unspecified atom stereocenters. The van der Waals surface area contributed by atoms with Crippen molar-refractivity contribution in [1.82, 2.24) is 25.3 Å². The Morgan fingerprint density at radius 1 is 1.17 bits per heavy atom. The van der Waals surface area contributed by atoms with Gasteiger partial charge < -0.3 is 19.7 Å². The number of carbonyl (C=O) groups excluding carboxylic acids is 1. The summed E-state index contributed by atoms with van der Waals surface area (Å²) in [6.45, 7) is 8.15. The molecule has 1 saturated heterocycles. The molecule has 10 heteroatoms. The van der Waals surface area contributed by atoms with Gasteiger partial charge in [0.1, 0.15) is 11.6 Å². The Kier molecular flexibility index (Phi) is 6.28. The van der Waals surface area contributed by atoms with Crippen molar-refractivity contribution in [2.75, 3.05) is 29.9 Å². The summed E-state index contributed by atoms with van der Waals surface area (Å²) in [5.74, 6) is 0.921. The number of anilines is 3. The molecule has 35 heavy (non-hydrogen) atoms. The molecule has 2 aliphatic heterocycles. The first-order chi connectivity index (χ1) is 17.0. The van der Waals surface area contributed by atoms with E-state index < -0.39 is 0 Å². The molecule has 5 heterocycles. The first-order valence-electron chi connectivity index (χ1n) is 11.5. The van der Waals surface area contributed by atoms with Gasteiger partial charge in [0.05, 0.1) is 42.0 Å². The zero-order valence-corrected chi connectivity index (χ0v) is 19.8. The van der Waals surface area contributed by atoms with Gasteiger partial charge in [0.2, 0.25) is 0 Å². The van der Waals surface area contributed by atoms with E-state index in [1.54, 1.807) is 24.7 Å². The Labute approximate surface area is 203 Å². The van der Waals surface area contributed by atoms with E-state index >= 15 is 0 Å². The second kappa shape index (κ2) is 9.67. The summed E-state index contributed by atoms with van der Waals surface area (Å²) in [5, 5.41) is 7.17. The number of pyridine rings is 2. The monoisotopic (exact) mass is 472 g/mol. The summed E-state index contributed by atoms with van der Waals surface area (Å²) < 4.78 is 11.1. The minimum absolute atomic E-state index is 0.0231. The van der Waals surface area contributed by atoms with Gasteiger partial charge in [-0.05, 0) is 50.6 Å². The molecule has 3 aromatic rings. The third-order valence-electron chi connectivity index (χ3n) is 5.55. The number of morpholine rings is 1. The van der Waals surface area contributed by atoms with Crippen molar-refractivity contribution >= 4 is 29.3 Å². The maximum absolute atomic E-state index is 12.6. The van der Waals surface area contributed by atoms with Crippen molar-refractivity contribution in [2.45, 2.75) is 33.0 Å². The number of nitrogens with zero attached hydrogens (tertiary/aromatic N) is 6. The zero-order valence-electron chi connectivity index (χ0n) is 19.8. The molecule has 0 saturated carbocycles. The van der Waals surface area contributed by atoms with Gasteiger partial charge in [-0.2, -0.15) is 0 Å². The van der Waals surface area contributed by atoms with E-state index in [0.717, 1.165) is 18.9 Å². The smallest absolute Gasteiger partial charge is 0.316 e. The molecule has 0 spiro atoms. The molecule has 10 nitrogen and oxygen atoms in total. The van der Waals surface area contributed by atoms with Crippen LogP contribution in [0.1, 0.15) is 36.7 Å². The predicted octanol–water partition coefficient (Wildman–Crippen LogP) is 3.42. The lowest BCUT2D eigenvalue weighted by atomic mass is 10.0. The first-order valence-corrected chi connectivity index (χ1v) is 11.5. The molecule has 2 aliphatic rings. The highest BCUT2D eigenvalue weighted by molar-refractivity contribution is 6.05. The van der Waals surface area contributed by atoms with E-state index in [2.05, 4.69) is 37.4 Å². The van der Waals surface area contributed by atoms with Crippen LogP contribution in [0.2, 0.25) is 0 Å². The Hall–Kier alpha value is -4.05. The van der Waals surface area contributed by atoms with Gasteiger partial charge in [0.25, 0.3) is 5.91 Å². The van der Waals surface area contributed by atoms with Crippen LogP contribution in [-0.2, 0) is 4.74 Å². The van der Waals surface area contributed by atoms with Gasteiger partial charge in [0, 0.05) is 37.2 Å². The topological polar surface area (TPSA) is 116 Å². The van der Waals surface area contributed by atoms with Gasteiger partial charge in [-0.3, -0.25) is 4.79 Å². The maximum Gasteiger partial charge on any atom is 0.316 e. The van der Waals surface area contributed by atoms with Crippen molar-refractivity contribution in [3.63, 3.8) is 0 Å². The predicted molar refractivity (Wildman–Crippen MR) is 132 cm³/mol. The molecule has 0 bridgehead atoms. The van der Waals surface area contributed by atoms with Gasteiger partial charge >= 0.3 is 6.01 Å². The Morgan fingerprint density at radius 2 is 2.00 bits per heavy atom. The number of carbonyl (C=O) groups is 1. The summed E-state index contributed by atoms with van der Waals surface area (Å²) in [6, 6.07) is 6.00. The number of amides is 1. The van der Waals surface area contributed by atoms with Crippen LogP contribution >= 0.6 is 0 Å². The van der Waals surface area contributed by atoms with E-state index in [1.807, 2.05) is 32.0 Å². The second-order valence-electron chi connectivity index (χ2n) is 8.65. The van der Waals surface area contributed by atoms with Crippen LogP contribution in [0.15, 0.2) is 43.0 Å². The average Bonchev–Trinajstić information content (AvgIpc) is 2.84. The van der Waals surface area contributed by atoms with E-state index in [4.69, 9.17) is 14.5 Å². The first kappa shape index (κ1) is 22.7. The number of hydrogen-bond donors (Lipinski definition) is 1. The Bertz CT molecular complexity index is 1240. The van der Waals surface area contributed by atoms with Crippen LogP contribution in [-0.4, -0.2) is 57.7 Å². The number of hydrogen-bond acceptors (Lipinski definition) is 9. The molecular weight excluding hydrogens is 446 g/mol. The number of rotatable bonds is 6. The molecule has 5 rings (SSSR count). The molecule has 0 aliphatic carbocycles. The molecule has 0 aromatic carbocycles. The Balaban J connectivity index is 1.44. The SMILES string of the molecule is CC(C)Oc1ncc(-c2cc3c(c(Nc4ccc(N5CCO[C@H](C)C5)nc4)n2)C(=O)[N]C=C3)cn1.